The first-order chi connectivity index (χ1) is 12.4. The number of carbonyl (C=O) groups excluding carboxylic acids is 2. The third kappa shape index (κ3) is 5.21. The number of rotatable bonds is 6. The highest BCUT2D eigenvalue weighted by Gasteiger charge is 2.12. The Morgan fingerprint density at radius 3 is 2.58 bits per heavy atom. The summed E-state index contributed by atoms with van der Waals surface area (Å²) >= 11 is 11.9. The molecule has 0 atom stereocenters. The van der Waals surface area contributed by atoms with Crippen molar-refractivity contribution in [3.63, 3.8) is 0 Å². The molecule has 0 spiro atoms. The van der Waals surface area contributed by atoms with Gasteiger partial charge in [0.1, 0.15) is 5.75 Å². The summed E-state index contributed by atoms with van der Waals surface area (Å²) in [6.45, 7) is 1.63. The highest BCUT2D eigenvalue weighted by Crippen LogP contribution is 2.29. The number of ether oxygens (including phenoxy) is 1. The van der Waals surface area contributed by atoms with Crippen LogP contribution in [0.5, 0.6) is 5.75 Å². The molecule has 2 rings (SSSR count). The van der Waals surface area contributed by atoms with Crippen LogP contribution >= 0.6 is 23.2 Å². The van der Waals surface area contributed by atoms with E-state index >= 15 is 0 Å². The topological polar surface area (TPSA) is 79.8 Å². The molecule has 0 aliphatic rings. The van der Waals surface area contributed by atoms with Gasteiger partial charge in [-0.2, -0.15) is 5.10 Å². The van der Waals surface area contributed by atoms with E-state index in [9.17, 15) is 9.59 Å². The number of halogens is 2. The van der Waals surface area contributed by atoms with Crippen molar-refractivity contribution in [2.45, 2.75) is 13.3 Å². The molecule has 0 bridgehead atoms. The van der Waals surface area contributed by atoms with Crippen molar-refractivity contribution in [3.8, 4) is 5.75 Å². The van der Waals surface area contributed by atoms with Crippen LogP contribution in [0.15, 0.2) is 47.6 Å². The van der Waals surface area contributed by atoms with Crippen molar-refractivity contribution in [1.29, 1.82) is 0 Å². The Balaban J connectivity index is 1.96. The van der Waals surface area contributed by atoms with Gasteiger partial charge in [-0.15, -0.1) is 0 Å². The van der Waals surface area contributed by atoms with E-state index in [0.29, 0.717) is 27.7 Å². The van der Waals surface area contributed by atoms with Crippen molar-refractivity contribution in [1.82, 2.24) is 5.43 Å². The number of methoxy groups -OCH3 is 1. The number of nitrogens with one attached hydrogen (secondary N) is 2. The Labute approximate surface area is 161 Å². The van der Waals surface area contributed by atoms with E-state index in [2.05, 4.69) is 15.8 Å². The average Bonchev–Trinajstić information content (AvgIpc) is 2.63. The predicted molar refractivity (Wildman–Crippen MR) is 103 cm³/mol. The van der Waals surface area contributed by atoms with Gasteiger partial charge in [-0.3, -0.25) is 9.59 Å². The minimum Gasteiger partial charge on any atom is -0.496 e. The average molecular weight is 394 g/mol. The molecule has 2 amide bonds. The third-order valence-corrected chi connectivity index (χ3v) is 4.16. The van der Waals surface area contributed by atoms with Gasteiger partial charge in [0, 0.05) is 5.71 Å². The number of carbonyl (C=O) groups is 2. The molecule has 2 aromatic rings. The summed E-state index contributed by atoms with van der Waals surface area (Å²) in [7, 11) is 1.48. The molecular formula is C18H17Cl2N3O3. The molecular weight excluding hydrogens is 377 g/mol. The Kier molecular flexibility index (Phi) is 7.00. The van der Waals surface area contributed by atoms with Gasteiger partial charge >= 0.3 is 0 Å². The lowest BCUT2D eigenvalue weighted by Gasteiger charge is -2.09. The van der Waals surface area contributed by atoms with E-state index in [1.807, 2.05) is 0 Å². The van der Waals surface area contributed by atoms with Gasteiger partial charge in [0.2, 0.25) is 5.91 Å². The molecule has 2 aromatic carbocycles. The van der Waals surface area contributed by atoms with Gasteiger partial charge in [0.05, 0.1) is 34.8 Å². The Morgan fingerprint density at radius 1 is 1.12 bits per heavy atom. The summed E-state index contributed by atoms with van der Waals surface area (Å²) in [5.74, 6) is -0.326. The first-order valence-electron chi connectivity index (χ1n) is 7.62. The standard InChI is InChI=1S/C18H17Cl2N3O3/c1-11(10-16(24)21-14-8-5-7-13(19)17(14)20)22-23-18(25)12-6-3-4-9-15(12)26-2/h3-9H,10H2,1-2H3,(H,21,24)(H,23,25)/b22-11+. The van der Waals surface area contributed by atoms with Crippen LogP contribution in [-0.4, -0.2) is 24.6 Å². The van der Waals surface area contributed by atoms with Crippen LogP contribution in [0.25, 0.3) is 0 Å². The summed E-state index contributed by atoms with van der Waals surface area (Å²) < 4.78 is 5.13. The molecule has 8 heteroatoms. The lowest BCUT2D eigenvalue weighted by Crippen LogP contribution is -2.22. The molecule has 0 radical (unpaired) electrons. The second kappa shape index (κ2) is 9.22. The van der Waals surface area contributed by atoms with Crippen LogP contribution in [0.1, 0.15) is 23.7 Å². The Hall–Kier alpha value is -2.57. The van der Waals surface area contributed by atoms with Crippen LogP contribution < -0.4 is 15.5 Å². The van der Waals surface area contributed by atoms with Gasteiger partial charge in [-0.1, -0.05) is 41.4 Å². The zero-order chi connectivity index (χ0) is 19.1. The molecule has 0 unspecified atom stereocenters. The maximum atomic E-state index is 12.2. The van der Waals surface area contributed by atoms with Gasteiger partial charge in [-0.25, -0.2) is 5.43 Å². The first kappa shape index (κ1) is 19.8. The van der Waals surface area contributed by atoms with Crippen molar-refractivity contribution in [2.24, 2.45) is 5.10 Å². The van der Waals surface area contributed by atoms with Crippen molar-refractivity contribution >= 4 is 46.4 Å². The summed E-state index contributed by atoms with van der Waals surface area (Å²) in [5, 5.41) is 7.20. The fourth-order valence-corrected chi connectivity index (χ4v) is 2.45. The van der Waals surface area contributed by atoms with Crippen LogP contribution in [0, 0.1) is 0 Å². The number of nitrogens with zero attached hydrogens (tertiary/aromatic N) is 1. The highest BCUT2D eigenvalue weighted by molar-refractivity contribution is 6.44. The van der Waals surface area contributed by atoms with Gasteiger partial charge in [0.15, 0.2) is 0 Å². The number of hydrogen-bond donors (Lipinski definition) is 2. The molecule has 26 heavy (non-hydrogen) atoms. The molecule has 0 aromatic heterocycles. The maximum Gasteiger partial charge on any atom is 0.275 e. The molecule has 0 saturated carbocycles. The zero-order valence-electron chi connectivity index (χ0n) is 14.2. The summed E-state index contributed by atoms with van der Waals surface area (Å²) in [4.78, 5) is 24.2. The molecule has 0 aliphatic heterocycles. The van der Waals surface area contributed by atoms with Crippen LogP contribution in [0.2, 0.25) is 10.0 Å². The molecule has 6 nitrogen and oxygen atoms in total. The van der Waals surface area contributed by atoms with Gasteiger partial charge in [0.25, 0.3) is 5.91 Å². The third-order valence-electron chi connectivity index (χ3n) is 3.34. The zero-order valence-corrected chi connectivity index (χ0v) is 15.7. The van der Waals surface area contributed by atoms with E-state index in [1.54, 1.807) is 49.4 Å². The van der Waals surface area contributed by atoms with Crippen molar-refractivity contribution < 1.29 is 14.3 Å². The molecule has 0 aliphatic carbocycles. The van der Waals surface area contributed by atoms with Crippen molar-refractivity contribution in [3.05, 3.63) is 58.1 Å². The largest absolute Gasteiger partial charge is 0.496 e. The molecule has 0 fully saturated rings. The van der Waals surface area contributed by atoms with E-state index in [-0.39, 0.29) is 17.4 Å². The molecule has 2 N–H and O–H groups in total. The highest BCUT2D eigenvalue weighted by atomic mass is 35.5. The normalized spacial score (nSPS) is 11.0. The summed E-state index contributed by atoms with van der Waals surface area (Å²) in [6, 6.07) is 11.7. The van der Waals surface area contributed by atoms with E-state index in [0.717, 1.165) is 0 Å². The van der Waals surface area contributed by atoms with Crippen molar-refractivity contribution in [2.75, 3.05) is 12.4 Å². The summed E-state index contributed by atoms with van der Waals surface area (Å²) in [5.41, 5.74) is 3.59. The van der Waals surface area contributed by atoms with Gasteiger partial charge in [-0.05, 0) is 31.2 Å². The lowest BCUT2D eigenvalue weighted by atomic mass is 10.2. The first-order valence-corrected chi connectivity index (χ1v) is 8.38. The van der Waals surface area contributed by atoms with E-state index in [4.69, 9.17) is 27.9 Å². The lowest BCUT2D eigenvalue weighted by molar-refractivity contribution is -0.115. The summed E-state index contributed by atoms with van der Waals surface area (Å²) in [6.07, 6.45) is -0.0188. The van der Waals surface area contributed by atoms with E-state index in [1.165, 1.54) is 7.11 Å². The van der Waals surface area contributed by atoms with Crippen LogP contribution in [0.3, 0.4) is 0 Å². The number of para-hydroxylation sites is 1. The minimum atomic E-state index is -0.430. The number of hydrogen-bond acceptors (Lipinski definition) is 4. The van der Waals surface area contributed by atoms with Gasteiger partial charge < -0.3 is 10.1 Å². The fraction of sp³-hybridized carbons (Fsp3) is 0.167. The second-order valence-electron chi connectivity index (χ2n) is 5.31. The van der Waals surface area contributed by atoms with Crippen LogP contribution in [-0.2, 0) is 4.79 Å². The quantitative estimate of drug-likeness (QED) is 0.571. The number of hydrazone groups is 1. The maximum absolute atomic E-state index is 12.2. The number of benzene rings is 2. The molecule has 0 heterocycles. The monoisotopic (exact) mass is 393 g/mol. The van der Waals surface area contributed by atoms with E-state index < -0.39 is 5.91 Å². The number of amides is 2. The Morgan fingerprint density at radius 2 is 1.85 bits per heavy atom. The van der Waals surface area contributed by atoms with Crippen LogP contribution in [0.4, 0.5) is 5.69 Å². The molecule has 136 valence electrons. The SMILES string of the molecule is COc1ccccc1C(=O)N/N=C(\C)CC(=O)Nc1cccc(Cl)c1Cl. The fourth-order valence-electron chi connectivity index (χ4n) is 2.11. The number of anilines is 1. The Bertz CT molecular complexity index is 853. The second-order valence-corrected chi connectivity index (χ2v) is 6.10. The molecule has 0 saturated heterocycles. The minimum absolute atomic E-state index is 0.0188. The predicted octanol–water partition coefficient (Wildman–Crippen LogP) is 4.14. The smallest absolute Gasteiger partial charge is 0.275 e.